The molecule has 160 valence electrons. The van der Waals surface area contributed by atoms with Gasteiger partial charge in [0.2, 0.25) is 0 Å². The number of ether oxygens (including phenoxy) is 1. The van der Waals surface area contributed by atoms with Gasteiger partial charge in [-0.2, -0.15) is 0 Å². The number of fused-ring (bicyclic) bond motifs is 1. The van der Waals surface area contributed by atoms with Crippen LogP contribution in [0.3, 0.4) is 0 Å². The Kier molecular flexibility index (Phi) is 6.26. The Hall–Kier alpha value is -3.28. The van der Waals surface area contributed by atoms with Crippen molar-refractivity contribution in [1.29, 1.82) is 0 Å². The van der Waals surface area contributed by atoms with Gasteiger partial charge in [-0.05, 0) is 42.5 Å². The van der Waals surface area contributed by atoms with Gasteiger partial charge in [0.1, 0.15) is 0 Å². The van der Waals surface area contributed by atoms with Gasteiger partial charge in [-0.1, -0.05) is 44.9 Å². The number of aromatic nitrogens is 2. The van der Waals surface area contributed by atoms with Crippen molar-refractivity contribution in [3.8, 4) is 11.3 Å². The number of hydrogen-bond donors (Lipinski definition) is 1. The summed E-state index contributed by atoms with van der Waals surface area (Å²) in [6.07, 6.45) is 6.63. The molecule has 1 N–H and O–H groups in total. The van der Waals surface area contributed by atoms with E-state index in [9.17, 15) is 9.59 Å². The number of benzene rings is 1. The molecule has 4 rings (SSSR count). The van der Waals surface area contributed by atoms with E-state index in [0.717, 1.165) is 18.4 Å². The highest BCUT2D eigenvalue weighted by molar-refractivity contribution is 6.05. The lowest BCUT2D eigenvalue weighted by molar-refractivity contribution is -0.125. The van der Waals surface area contributed by atoms with E-state index >= 15 is 0 Å². The summed E-state index contributed by atoms with van der Waals surface area (Å²) in [5.74, 6) is 0.206. The molecule has 1 saturated carbocycles. The van der Waals surface area contributed by atoms with Crippen molar-refractivity contribution in [2.24, 2.45) is 11.8 Å². The van der Waals surface area contributed by atoms with E-state index < -0.39 is 5.97 Å². The minimum Gasteiger partial charge on any atom is -0.452 e. The predicted molar refractivity (Wildman–Crippen MR) is 119 cm³/mol. The van der Waals surface area contributed by atoms with Crippen LogP contribution >= 0.6 is 0 Å². The molecule has 3 unspecified atom stereocenters. The highest BCUT2D eigenvalue weighted by Crippen LogP contribution is 2.29. The lowest BCUT2D eigenvalue weighted by Gasteiger charge is -2.34. The highest BCUT2D eigenvalue weighted by Gasteiger charge is 2.28. The molecule has 1 aliphatic rings. The summed E-state index contributed by atoms with van der Waals surface area (Å²) >= 11 is 0. The number of amides is 1. The molecule has 3 aromatic rings. The number of pyridine rings is 2. The molecule has 0 spiro atoms. The van der Waals surface area contributed by atoms with Gasteiger partial charge in [0.15, 0.2) is 6.61 Å². The molecule has 1 aliphatic carbocycles. The quantitative estimate of drug-likeness (QED) is 0.623. The minimum atomic E-state index is -0.533. The van der Waals surface area contributed by atoms with Gasteiger partial charge in [0, 0.05) is 29.4 Å². The lowest BCUT2D eigenvalue weighted by Crippen LogP contribution is -2.45. The van der Waals surface area contributed by atoms with Crippen molar-refractivity contribution >= 4 is 22.8 Å². The first-order valence-corrected chi connectivity index (χ1v) is 10.8. The maximum atomic E-state index is 12.9. The molecule has 31 heavy (non-hydrogen) atoms. The molecule has 6 heteroatoms. The Morgan fingerprint density at radius 2 is 1.87 bits per heavy atom. The molecular weight excluding hydrogens is 390 g/mol. The summed E-state index contributed by atoms with van der Waals surface area (Å²) in [6, 6.07) is 12.9. The van der Waals surface area contributed by atoms with Gasteiger partial charge in [0.05, 0.1) is 16.8 Å². The Morgan fingerprint density at radius 1 is 1.10 bits per heavy atom. The maximum Gasteiger partial charge on any atom is 0.339 e. The molecule has 0 aliphatic heterocycles. The van der Waals surface area contributed by atoms with Crippen LogP contribution in [0.5, 0.6) is 0 Å². The normalized spacial score (nSPS) is 20.9. The SMILES string of the molecule is CC1CCCC(NC(=O)COC(=O)c2cc(-c3ccncc3)nc3ccccc23)C1C. The topological polar surface area (TPSA) is 81.2 Å². The molecule has 1 aromatic carbocycles. The standard InChI is InChI=1S/C25H27N3O3/c1-16-6-5-9-21(17(16)2)28-24(29)15-31-25(30)20-14-23(18-10-12-26-13-11-18)27-22-8-4-3-7-19(20)22/h3-4,7-8,10-14,16-17,21H,5-6,9,15H2,1-2H3,(H,28,29). The van der Waals surface area contributed by atoms with Crippen LogP contribution in [0.2, 0.25) is 0 Å². The zero-order chi connectivity index (χ0) is 21.8. The molecule has 0 saturated heterocycles. The number of nitrogens with one attached hydrogen (secondary N) is 1. The molecular formula is C25H27N3O3. The fraction of sp³-hybridized carbons (Fsp3) is 0.360. The van der Waals surface area contributed by atoms with Crippen molar-refractivity contribution in [2.45, 2.75) is 39.2 Å². The summed E-state index contributed by atoms with van der Waals surface area (Å²) in [5, 5.41) is 3.74. The molecule has 6 nitrogen and oxygen atoms in total. The van der Waals surface area contributed by atoms with Gasteiger partial charge >= 0.3 is 5.97 Å². The smallest absolute Gasteiger partial charge is 0.339 e. The fourth-order valence-corrected chi connectivity index (χ4v) is 4.26. The summed E-state index contributed by atoms with van der Waals surface area (Å²) in [6.45, 7) is 4.10. The number of hydrogen-bond acceptors (Lipinski definition) is 5. The van der Waals surface area contributed by atoms with Crippen LogP contribution in [0.25, 0.3) is 22.2 Å². The van der Waals surface area contributed by atoms with Crippen LogP contribution in [-0.2, 0) is 9.53 Å². The summed E-state index contributed by atoms with van der Waals surface area (Å²) in [7, 11) is 0. The van der Waals surface area contributed by atoms with Crippen molar-refractivity contribution in [3.05, 3.63) is 60.4 Å². The Balaban J connectivity index is 1.50. The van der Waals surface area contributed by atoms with E-state index in [4.69, 9.17) is 4.74 Å². The Bertz CT molecular complexity index is 1080. The average Bonchev–Trinajstić information content (AvgIpc) is 2.80. The molecule has 0 bridgehead atoms. The largest absolute Gasteiger partial charge is 0.452 e. The van der Waals surface area contributed by atoms with E-state index in [1.54, 1.807) is 18.5 Å². The average molecular weight is 418 g/mol. The molecule has 2 aromatic heterocycles. The van der Waals surface area contributed by atoms with Crippen molar-refractivity contribution in [1.82, 2.24) is 15.3 Å². The minimum absolute atomic E-state index is 0.134. The Labute approximate surface area is 182 Å². The van der Waals surface area contributed by atoms with E-state index in [-0.39, 0.29) is 18.6 Å². The van der Waals surface area contributed by atoms with Gasteiger partial charge in [-0.25, -0.2) is 9.78 Å². The molecule has 1 amide bonds. The second kappa shape index (κ2) is 9.25. The van der Waals surface area contributed by atoms with Crippen LogP contribution < -0.4 is 5.32 Å². The van der Waals surface area contributed by atoms with Crippen LogP contribution in [0.1, 0.15) is 43.5 Å². The lowest BCUT2D eigenvalue weighted by atomic mass is 9.78. The second-order valence-corrected chi connectivity index (χ2v) is 8.33. The van der Waals surface area contributed by atoms with Crippen LogP contribution in [0, 0.1) is 11.8 Å². The van der Waals surface area contributed by atoms with Crippen molar-refractivity contribution in [3.63, 3.8) is 0 Å². The third-order valence-electron chi connectivity index (χ3n) is 6.30. The summed E-state index contributed by atoms with van der Waals surface area (Å²) in [4.78, 5) is 34.1. The van der Waals surface area contributed by atoms with Crippen molar-refractivity contribution in [2.75, 3.05) is 6.61 Å². The van der Waals surface area contributed by atoms with Crippen LogP contribution in [0.15, 0.2) is 54.9 Å². The van der Waals surface area contributed by atoms with Crippen LogP contribution in [-0.4, -0.2) is 34.5 Å². The van der Waals surface area contributed by atoms with Gasteiger partial charge in [0.25, 0.3) is 5.91 Å². The fourth-order valence-electron chi connectivity index (χ4n) is 4.26. The monoisotopic (exact) mass is 417 g/mol. The van der Waals surface area contributed by atoms with E-state index in [2.05, 4.69) is 29.1 Å². The van der Waals surface area contributed by atoms with E-state index in [1.165, 1.54) is 6.42 Å². The first-order chi connectivity index (χ1) is 15.0. The summed E-state index contributed by atoms with van der Waals surface area (Å²) < 4.78 is 5.40. The van der Waals surface area contributed by atoms with Crippen molar-refractivity contribution < 1.29 is 14.3 Å². The van der Waals surface area contributed by atoms with Gasteiger partial charge in [-0.15, -0.1) is 0 Å². The van der Waals surface area contributed by atoms with Crippen LogP contribution in [0.4, 0.5) is 0 Å². The number of para-hydroxylation sites is 1. The zero-order valence-corrected chi connectivity index (χ0v) is 17.9. The number of nitrogens with zero attached hydrogens (tertiary/aromatic N) is 2. The predicted octanol–water partition coefficient (Wildman–Crippen LogP) is 4.39. The third kappa shape index (κ3) is 4.74. The zero-order valence-electron chi connectivity index (χ0n) is 17.9. The Morgan fingerprint density at radius 3 is 2.68 bits per heavy atom. The highest BCUT2D eigenvalue weighted by atomic mass is 16.5. The van der Waals surface area contributed by atoms with E-state index in [0.29, 0.717) is 34.0 Å². The van der Waals surface area contributed by atoms with Gasteiger partial charge in [-0.3, -0.25) is 9.78 Å². The van der Waals surface area contributed by atoms with E-state index in [1.807, 2.05) is 36.4 Å². The molecule has 2 heterocycles. The maximum absolute atomic E-state index is 12.9. The number of carbonyl (C=O) groups excluding carboxylic acids is 2. The molecule has 0 radical (unpaired) electrons. The second-order valence-electron chi connectivity index (χ2n) is 8.33. The molecule has 3 atom stereocenters. The third-order valence-corrected chi connectivity index (χ3v) is 6.30. The number of rotatable bonds is 5. The summed E-state index contributed by atoms with van der Waals surface area (Å²) in [5.41, 5.74) is 2.60. The molecule has 1 fully saturated rings. The number of esters is 1. The first-order valence-electron chi connectivity index (χ1n) is 10.8. The first kappa shape index (κ1) is 21.0. The number of carbonyl (C=O) groups is 2. The van der Waals surface area contributed by atoms with Gasteiger partial charge < -0.3 is 10.1 Å².